The van der Waals surface area contributed by atoms with E-state index in [2.05, 4.69) is 4.98 Å². The number of nitrogens with two attached hydrogens (primary N) is 1. The number of likely N-dealkylation sites (tertiary alicyclic amines) is 1. The first kappa shape index (κ1) is 13.4. The maximum atomic E-state index is 13.2. The van der Waals surface area contributed by atoms with Gasteiger partial charge in [0.25, 0.3) is 5.92 Å². The molecular weight excluding hydrogens is 236 g/mol. The number of hydrogen-bond donors (Lipinski definition) is 1. The summed E-state index contributed by atoms with van der Waals surface area (Å²) in [5, 5.41) is 0. The zero-order valence-corrected chi connectivity index (χ0v) is 10.6. The van der Waals surface area contributed by atoms with Crippen molar-refractivity contribution in [2.24, 2.45) is 5.73 Å². The topological polar surface area (TPSA) is 42.1 Å². The Morgan fingerprint density at radius 3 is 2.67 bits per heavy atom. The van der Waals surface area contributed by atoms with Crippen LogP contribution in [0.25, 0.3) is 0 Å². The molecule has 1 aliphatic heterocycles. The highest BCUT2D eigenvalue weighted by Crippen LogP contribution is 2.32. The number of aryl methyl sites for hydroxylation is 1. The van der Waals surface area contributed by atoms with Crippen molar-refractivity contribution in [2.45, 2.75) is 31.7 Å². The Balaban J connectivity index is 2.13. The van der Waals surface area contributed by atoms with Gasteiger partial charge >= 0.3 is 0 Å². The summed E-state index contributed by atoms with van der Waals surface area (Å²) in [6.07, 6.45) is 1.57. The normalized spacial score (nSPS) is 21.8. The summed E-state index contributed by atoms with van der Waals surface area (Å²) in [5.74, 6) is -2.51. The second-order valence-corrected chi connectivity index (χ2v) is 4.82. The highest BCUT2D eigenvalue weighted by Gasteiger charge is 2.36. The van der Waals surface area contributed by atoms with E-state index < -0.39 is 5.92 Å². The van der Waals surface area contributed by atoms with Gasteiger partial charge in [0.15, 0.2) is 0 Å². The quantitative estimate of drug-likeness (QED) is 0.899. The molecule has 0 saturated carbocycles. The van der Waals surface area contributed by atoms with Crippen LogP contribution in [0.1, 0.15) is 30.1 Å². The van der Waals surface area contributed by atoms with Crippen LogP contribution >= 0.6 is 0 Å². The first-order valence-electron chi connectivity index (χ1n) is 6.27. The van der Waals surface area contributed by atoms with Gasteiger partial charge in [-0.3, -0.25) is 9.88 Å². The Kier molecular flexibility index (Phi) is 3.92. The molecule has 0 radical (unpaired) electrons. The molecule has 1 unspecified atom stereocenters. The minimum absolute atomic E-state index is 0.00481. The molecule has 2 rings (SSSR count). The largest absolute Gasteiger partial charge is 0.329 e. The number of hydrogen-bond acceptors (Lipinski definition) is 3. The lowest BCUT2D eigenvalue weighted by atomic mass is 9.99. The van der Waals surface area contributed by atoms with Crippen molar-refractivity contribution in [1.82, 2.24) is 9.88 Å². The summed E-state index contributed by atoms with van der Waals surface area (Å²) in [6, 6.07) is 3.84. The molecule has 5 heteroatoms. The van der Waals surface area contributed by atoms with E-state index in [-0.39, 0.29) is 18.9 Å². The SMILES string of the molecule is Cc1ncccc1C(CN)N1CCC(F)(F)CC1. The lowest BCUT2D eigenvalue weighted by Gasteiger charge is -2.37. The zero-order valence-electron chi connectivity index (χ0n) is 10.6. The molecule has 0 spiro atoms. The molecule has 1 aromatic heterocycles. The van der Waals surface area contributed by atoms with E-state index in [0.717, 1.165) is 11.3 Å². The van der Waals surface area contributed by atoms with E-state index in [1.807, 2.05) is 24.0 Å². The molecular formula is C13H19F2N3. The Labute approximate surface area is 106 Å². The molecule has 1 saturated heterocycles. The molecule has 0 aromatic carbocycles. The molecule has 1 aliphatic rings. The van der Waals surface area contributed by atoms with Gasteiger partial charge in [0.05, 0.1) is 0 Å². The number of halogens is 2. The Hall–Kier alpha value is -1.07. The van der Waals surface area contributed by atoms with Gasteiger partial charge in [-0.15, -0.1) is 0 Å². The van der Waals surface area contributed by atoms with Crippen LogP contribution in [-0.2, 0) is 0 Å². The third kappa shape index (κ3) is 2.84. The van der Waals surface area contributed by atoms with E-state index in [9.17, 15) is 8.78 Å². The number of piperidine rings is 1. The van der Waals surface area contributed by atoms with E-state index >= 15 is 0 Å². The van der Waals surface area contributed by atoms with Crippen LogP contribution in [0, 0.1) is 6.92 Å². The highest BCUT2D eigenvalue weighted by atomic mass is 19.3. The Morgan fingerprint density at radius 2 is 2.11 bits per heavy atom. The van der Waals surface area contributed by atoms with Crippen LogP contribution in [0.4, 0.5) is 8.78 Å². The van der Waals surface area contributed by atoms with Gasteiger partial charge in [-0.2, -0.15) is 0 Å². The molecule has 2 N–H and O–H groups in total. The number of aromatic nitrogens is 1. The molecule has 1 atom stereocenters. The predicted molar refractivity (Wildman–Crippen MR) is 66.5 cm³/mol. The Morgan fingerprint density at radius 1 is 1.44 bits per heavy atom. The van der Waals surface area contributed by atoms with Crippen LogP contribution in [0.15, 0.2) is 18.3 Å². The van der Waals surface area contributed by atoms with E-state index in [0.29, 0.717) is 19.6 Å². The zero-order chi connectivity index (χ0) is 13.2. The molecule has 1 fully saturated rings. The van der Waals surface area contributed by atoms with Crippen LogP contribution in [0.2, 0.25) is 0 Å². The van der Waals surface area contributed by atoms with E-state index in [1.54, 1.807) is 6.20 Å². The summed E-state index contributed by atoms with van der Waals surface area (Å²) in [6.45, 7) is 3.14. The molecule has 1 aromatic rings. The smallest absolute Gasteiger partial charge is 0.250 e. The lowest BCUT2D eigenvalue weighted by molar-refractivity contribution is -0.0628. The number of pyridine rings is 1. The molecule has 0 aliphatic carbocycles. The molecule has 0 bridgehead atoms. The van der Waals surface area contributed by atoms with Gasteiger partial charge < -0.3 is 5.73 Å². The average molecular weight is 255 g/mol. The maximum Gasteiger partial charge on any atom is 0.250 e. The van der Waals surface area contributed by atoms with Crippen LogP contribution in [-0.4, -0.2) is 35.4 Å². The summed E-state index contributed by atoms with van der Waals surface area (Å²) < 4.78 is 26.3. The number of rotatable bonds is 3. The monoisotopic (exact) mass is 255 g/mol. The minimum atomic E-state index is -2.51. The predicted octanol–water partition coefficient (Wildman–Crippen LogP) is 2.12. The first-order valence-corrected chi connectivity index (χ1v) is 6.27. The van der Waals surface area contributed by atoms with Crippen molar-refractivity contribution in [1.29, 1.82) is 0 Å². The minimum Gasteiger partial charge on any atom is -0.329 e. The van der Waals surface area contributed by atoms with Crippen LogP contribution in [0.3, 0.4) is 0 Å². The maximum absolute atomic E-state index is 13.2. The highest BCUT2D eigenvalue weighted by molar-refractivity contribution is 5.23. The summed E-state index contributed by atoms with van der Waals surface area (Å²) >= 11 is 0. The van der Waals surface area contributed by atoms with Crippen LogP contribution < -0.4 is 5.73 Å². The van der Waals surface area contributed by atoms with Gasteiger partial charge in [-0.1, -0.05) is 6.07 Å². The summed E-state index contributed by atoms with van der Waals surface area (Å²) in [5.41, 5.74) is 7.78. The molecule has 2 heterocycles. The van der Waals surface area contributed by atoms with Crippen molar-refractivity contribution < 1.29 is 8.78 Å². The van der Waals surface area contributed by atoms with Gasteiger partial charge in [0, 0.05) is 50.4 Å². The molecule has 100 valence electrons. The number of nitrogens with zero attached hydrogens (tertiary/aromatic N) is 2. The average Bonchev–Trinajstić information content (AvgIpc) is 2.34. The molecule has 3 nitrogen and oxygen atoms in total. The fourth-order valence-electron chi connectivity index (χ4n) is 2.48. The third-order valence-corrected chi connectivity index (χ3v) is 3.60. The van der Waals surface area contributed by atoms with Crippen LogP contribution in [0.5, 0.6) is 0 Å². The van der Waals surface area contributed by atoms with E-state index in [4.69, 9.17) is 5.73 Å². The van der Waals surface area contributed by atoms with Gasteiger partial charge in [-0.05, 0) is 18.6 Å². The fraction of sp³-hybridized carbons (Fsp3) is 0.615. The summed E-state index contributed by atoms with van der Waals surface area (Å²) in [7, 11) is 0. The van der Waals surface area contributed by atoms with Crippen molar-refractivity contribution in [3.63, 3.8) is 0 Å². The van der Waals surface area contributed by atoms with Gasteiger partial charge in [0.2, 0.25) is 0 Å². The van der Waals surface area contributed by atoms with Gasteiger partial charge in [-0.25, -0.2) is 8.78 Å². The fourth-order valence-corrected chi connectivity index (χ4v) is 2.48. The Bertz CT molecular complexity index is 399. The second kappa shape index (κ2) is 5.28. The first-order chi connectivity index (χ1) is 8.53. The molecule has 0 amide bonds. The van der Waals surface area contributed by atoms with Crippen molar-refractivity contribution in [3.8, 4) is 0 Å². The van der Waals surface area contributed by atoms with E-state index in [1.165, 1.54) is 0 Å². The third-order valence-electron chi connectivity index (χ3n) is 3.60. The van der Waals surface area contributed by atoms with Gasteiger partial charge in [0.1, 0.15) is 0 Å². The van der Waals surface area contributed by atoms with Crippen molar-refractivity contribution >= 4 is 0 Å². The van der Waals surface area contributed by atoms with Crippen molar-refractivity contribution in [2.75, 3.05) is 19.6 Å². The standard InChI is InChI=1S/C13H19F2N3/c1-10-11(3-2-6-17-10)12(9-16)18-7-4-13(14,15)5-8-18/h2-3,6,12H,4-5,7-9,16H2,1H3. The summed E-state index contributed by atoms with van der Waals surface area (Å²) in [4.78, 5) is 6.28. The molecule has 18 heavy (non-hydrogen) atoms. The van der Waals surface area contributed by atoms with Crippen molar-refractivity contribution in [3.05, 3.63) is 29.6 Å². The number of alkyl halides is 2. The second-order valence-electron chi connectivity index (χ2n) is 4.82. The lowest BCUT2D eigenvalue weighted by Crippen LogP contribution is -2.43.